The van der Waals surface area contributed by atoms with Crippen molar-refractivity contribution in [2.45, 2.75) is 18.8 Å². The Bertz CT molecular complexity index is 935. The molecular weight excluding hydrogens is 308 g/mol. The van der Waals surface area contributed by atoms with Crippen molar-refractivity contribution >= 4 is 11.6 Å². The minimum Gasteiger partial charge on any atom is -0.293 e. The number of hydrogen-bond acceptors (Lipinski definition) is 2. The van der Waals surface area contributed by atoms with Gasteiger partial charge in [0.2, 0.25) is 0 Å². The molecule has 0 aromatic heterocycles. The number of rotatable bonds is 3. The second kappa shape index (κ2) is 5.82. The molecule has 0 N–H and O–H groups in total. The Morgan fingerprint density at radius 3 is 1.92 bits per heavy atom. The summed E-state index contributed by atoms with van der Waals surface area (Å²) >= 11 is 0. The van der Waals surface area contributed by atoms with E-state index in [2.05, 4.69) is 0 Å². The lowest BCUT2D eigenvalue weighted by Crippen LogP contribution is -2.40. The Morgan fingerprint density at radius 2 is 1.32 bits per heavy atom. The number of hydrogen-bond donors (Lipinski definition) is 0. The molecule has 0 aliphatic heterocycles. The van der Waals surface area contributed by atoms with E-state index >= 15 is 0 Å². The monoisotopic (exact) mass is 326 g/mol. The normalized spacial score (nSPS) is 15.2. The van der Waals surface area contributed by atoms with Crippen LogP contribution in [0.1, 0.15) is 37.4 Å². The van der Waals surface area contributed by atoms with Gasteiger partial charge in [-0.1, -0.05) is 84.4 Å². The fourth-order valence-corrected chi connectivity index (χ4v) is 3.78. The van der Waals surface area contributed by atoms with Gasteiger partial charge in [0.05, 0.1) is 0 Å². The number of fused-ring (bicyclic) bond motifs is 1. The van der Waals surface area contributed by atoms with Crippen LogP contribution in [0, 0.1) is 6.92 Å². The van der Waals surface area contributed by atoms with E-state index in [-0.39, 0.29) is 11.6 Å². The molecule has 0 saturated carbocycles. The zero-order valence-electron chi connectivity index (χ0n) is 14.0. The highest BCUT2D eigenvalue weighted by molar-refractivity contribution is 6.33. The number of carbonyl (C=O) groups excluding carboxylic acids is 2. The number of benzene rings is 3. The van der Waals surface area contributed by atoms with E-state index in [0.29, 0.717) is 17.5 Å². The standard InChI is InChI=1S/C23H18O2/c1-16-8-7-11-18(14-16)23(15-17-9-3-2-4-10-17)21(24)19-12-5-6-13-20(19)22(23)25/h2-14H,15H2,1H3. The molecule has 3 aromatic carbocycles. The highest BCUT2D eigenvalue weighted by Gasteiger charge is 2.53. The van der Waals surface area contributed by atoms with E-state index in [1.165, 1.54) is 0 Å². The van der Waals surface area contributed by atoms with Crippen LogP contribution in [0.15, 0.2) is 78.9 Å². The summed E-state index contributed by atoms with van der Waals surface area (Å²) in [5, 5.41) is 0. The Morgan fingerprint density at radius 1 is 0.720 bits per heavy atom. The molecule has 2 heteroatoms. The van der Waals surface area contributed by atoms with Gasteiger partial charge >= 0.3 is 0 Å². The summed E-state index contributed by atoms with van der Waals surface area (Å²) in [7, 11) is 0. The van der Waals surface area contributed by atoms with Gasteiger partial charge < -0.3 is 0 Å². The predicted molar refractivity (Wildman–Crippen MR) is 98.1 cm³/mol. The fourth-order valence-electron chi connectivity index (χ4n) is 3.78. The Labute approximate surface area is 147 Å². The minimum absolute atomic E-state index is 0.0949. The first kappa shape index (κ1) is 15.5. The summed E-state index contributed by atoms with van der Waals surface area (Å²) in [5.41, 5.74) is 2.70. The quantitative estimate of drug-likeness (QED) is 0.662. The third-order valence-corrected chi connectivity index (χ3v) is 5.01. The molecule has 0 spiro atoms. The van der Waals surface area contributed by atoms with Crippen molar-refractivity contribution < 1.29 is 9.59 Å². The van der Waals surface area contributed by atoms with E-state index in [4.69, 9.17) is 0 Å². The smallest absolute Gasteiger partial charge is 0.182 e. The van der Waals surface area contributed by atoms with Crippen molar-refractivity contribution in [3.05, 3.63) is 107 Å². The molecule has 2 nitrogen and oxygen atoms in total. The molecule has 3 aromatic rings. The van der Waals surface area contributed by atoms with Crippen LogP contribution in [0.5, 0.6) is 0 Å². The van der Waals surface area contributed by atoms with E-state index < -0.39 is 5.41 Å². The number of Topliss-reactive ketones (excluding diaryl/α,β-unsaturated/α-hetero) is 2. The number of aryl methyl sites for hydroxylation is 1. The molecule has 0 radical (unpaired) electrons. The van der Waals surface area contributed by atoms with Crippen LogP contribution >= 0.6 is 0 Å². The maximum atomic E-state index is 13.4. The van der Waals surface area contributed by atoms with E-state index in [1.54, 1.807) is 12.1 Å². The molecule has 4 rings (SSSR count). The summed E-state index contributed by atoms with van der Waals surface area (Å²) in [6.07, 6.45) is 0.379. The lowest BCUT2D eigenvalue weighted by molar-refractivity contribution is 0.0793. The minimum atomic E-state index is -1.17. The largest absolute Gasteiger partial charge is 0.293 e. The van der Waals surface area contributed by atoms with E-state index in [9.17, 15) is 9.59 Å². The number of ketones is 2. The van der Waals surface area contributed by atoms with Gasteiger partial charge in [0, 0.05) is 11.1 Å². The molecule has 0 bridgehead atoms. The van der Waals surface area contributed by atoms with E-state index in [0.717, 1.165) is 16.7 Å². The molecule has 1 aliphatic rings. The maximum absolute atomic E-state index is 13.4. The molecule has 0 heterocycles. The molecule has 0 saturated heterocycles. The summed E-state index contributed by atoms with van der Waals surface area (Å²) in [4.78, 5) is 26.8. The van der Waals surface area contributed by atoms with Crippen LogP contribution < -0.4 is 0 Å². The summed E-state index contributed by atoms with van der Waals surface area (Å²) in [5.74, 6) is -0.190. The number of carbonyl (C=O) groups is 2. The van der Waals surface area contributed by atoms with E-state index in [1.807, 2.05) is 73.7 Å². The zero-order chi connectivity index (χ0) is 17.4. The van der Waals surface area contributed by atoms with Crippen LogP contribution in [-0.2, 0) is 11.8 Å². The van der Waals surface area contributed by atoms with Crippen LogP contribution in [0.25, 0.3) is 0 Å². The zero-order valence-corrected chi connectivity index (χ0v) is 14.0. The molecule has 0 fully saturated rings. The Hall–Kier alpha value is -3.00. The first-order chi connectivity index (χ1) is 12.1. The van der Waals surface area contributed by atoms with Crippen molar-refractivity contribution in [3.8, 4) is 0 Å². The van der Waals surface area contributed by atoms with Crippen molar-refractivity contribution in [1.29, 1.82) is 0 Å². The van der Waals surface area contributed by atoms with Crippen molar-refractivity contribution in [2.24, 2.45) is 0 Å². The highest BCUT2D eigenvalue weighted by atomic mass is 16.2. The summed E-state index contributed by atoms with van der Waals surface area (Å²) in [6.45, 7) is 1.98. The van der Waals surface area contributed by atoms with Crippen molar-refractivity contribution in [2.75, 3.05) is 0 Å². The third kappa shape index (κ3) is 2.33. The molecule has 122 valence electrons. The van der Waals surface area contributed by atoms with Gasteiger partial charge in [-0.15, -0.1) is 0 Å². The van der Waals surface area contributed by atoms with Crippen molar-refractivity contribution in [3.63, 3.8) is 0 Å². The second-order valence-electron chi connectivity index (χ2n) is 6.64. The Balaban J connectivity index is 1.95. The molecule has 1 aliphatic carbocycles. The molecule has 25 heavy (non-hydrogen) atoms. The summed E-state index contributed by atoms with van der Waals surface area (Å²) in [6, 6.07) is 24.7. The first-order valence-electron chi connectivity index (χ1n) is 8.42. The molecule has 0 amide bonds. The van der Waals surface area contributed by atoms with Gasteiger partial charge in [-0.25, -0.2) is 0 Å². The van der Waals surface area contributed by atoms with Crippen LogP contribution in [0.3, 0.4) is 0 Å². The van der Waals surface area contributed by atoms with Gasteiger partial charge in [-0.05, 0) is 24.5 Å². The average Bonchev–Trinajstić information content (AvgIpc) is 2.86. The van der Waals surface area contributed by atoms with Gasteiger partial charge in [-0.3, -0.25) is 9.59 Å². The SMILES string of the molecule is Cc1cccc(C2(Cc3ccccc3)C(=O)c3ccccc3C2=O)c1. The lowest BCUT2D eigenvalue weighted by Gasteiger charge is -2.27. The fraction of sp³-hybridized carbons (Fsp3) is 0.130. The Kier molecular flexibility index (Phi) is 3.61. The third-order valence-electron chi connectivity index (χ3n) is 5.01. The highest BCUT2D eigenvalue weighted by Crippen LogP contribution is 2.42. The van der Waals surface area contributed by atoms with Gasteiger partial charge in [0.1, 0.15) is 5.41 Å². The van der Waals surface area contributed by atoms with Crippen LogP contribution in [-0.4, -0.2) is 11.6 Å². The predicted octanol–water partition coefficient (Wildman–Crippen LogP) is 4.55. The maximum Gasteiger partial charge on any atom is 0.182 e. The van der Waals surface area contributed by atoms with Gasteiger partial charge in [0.25, 0.3) is 0 Å². The van der Waals surface area contributed by atoms with Gasteiger partial charge in [0.15, 0.2) is 11.6 Å². The molecule has 0 unspecified atom stereocenters. The van der Waals surface area contributed by atoms with Gasteiger partial charge in [-0.2, -0.15) is 0 Å². The first-order valence-corrected chi connectivity index (χ1v) is 8.42. The lowest BCUT2D eigenvalue weighted by atomic mass is 9.71. The topological polar surface area (TPSA) is 34.1 Å². The molecular formula is C23H18O2. The summed E-state index contributed by atoms with van der Waals surface area (Å²) < 4.78 is 0. The van der Waals surface area contributed by atoms with Crippen LogP contribution in [0.2, 0.25) is 0 Å². The average molecular weight is 326 g/mol. The van der Waals surface area contributed by atoms with Crippen molar-refractivity contribution in [1.82, 2.24) is 0 Å². The van der Waals surface area contributed by atoms with Crippen LogP contribution in [0.4, 0.5) is 0 Å². The molecule has 0 atom stereocenters. The second-order valence-corrected chi connectivity index (χ2v) is 6.64.